The lowest BCUT2D eigenvalue weighted by Crippen LogP contribution is -2.26. The molecule has 0 radical (unpaired) electrons. The van der Waals surface area contributed by atoms with E-state index in [0.29, 0.717) is 22.7 Å². The molecule has 0 atom stereocenters. The molecule has 0 aromatic carbocycles. The largest absolute Gasteiger partial charge is 0.346 e. The number of hydrogen-bond donors (Lipinski definition) is 3. The SMILES string of the molecule is Cc1nn2c(=O)c(Nc3ncnc4[nH]ccc34)cc(Cl)c2c(=O)[nH]1. The highest BCUT2D eigenvalue weighted by molar-refractivity contribution is 6.34. The maximum atomic E-state index is 12.6. The first kappa shape index (κ1) is 14.4. The van der Waals surface area contributed by atoms with E-state index in [0.717, 1.165) is 4.52 Å². The van der Waals surface area contributed by atoms with E-state index in [9.17, 15) is 9.59 Å². The summed E-state index contributed by atoms with van der Waals surface area (Å²) >= 11 is 6.16. The summed E-state index contributed by atoms with van der Waals surface area (Å²) in [5, 5.41) is 7.79. The van der Waals surface area contributed by atoms with Gasteiger partial charge in [-0.1, -0.05) is 11.6 Å². The molecule has 0 amide bonds. The molecule has 0 saturated carbocycles. The Bertz CT molecular complexity index is 1210. The van der Waals surface area contributed by atoms with Crippen molar-refractivity contribution < 1.29 is 0 Å². The lowest BCUT2D eigenvalue weighted by atomic mass is 10.3. The number of rotatable bonds is 2. The fourth-order valence-corrected chi connectivity index (χ4v) is 2.74. The van der Waals surface area contributed by atoms with Gasteiger partial charge in [-0.3, -0.25) is 9.59 Å². The molecule has 10 heteroatoms. The minimum absolute atomic E-state index is 0.00713. The number of fused-ring (bicyclic) bond motifs is 2. The molecule has 4 aromatic heterocycles. The maximum absolute atomic E-state index is 12.6. The molecule has 24 heavy (non-hydrogen) atoms. The van der Waals surface area contributed by atoms with Crippen LogP contribution in [0.4, 0.5) is 11.5 Å². The Morgan fingerprint density at radius 2 is 2.12 bits per heavy atom. The van der Waals surface area contributed by atoms with Crippen LogP contribution in [0.15, 0.2) is 34.2 Å². The summed E-state index contributed by atoms with van der Waals surface area (Å²) in [5.41, 5.74) is -0.217. The monoisotopic (exact) mass is 343 g/mol. The molecule has 0 spiro atoms. The molecule has 0 bridgehead atoms. The number of nitrogens with one attached hydrogen (secondary N) is 3. The summed E-state index contributed by atoms with van der Waals surface area (Å²) in [6.07, 6.45) is 3.09. The molecular formula is C14H10ClN7O2. The zero-order valence-electron chi connectivity index (χ0n) is 12.3. The van der Waals surface area contributed by atoms with Crippen molar-refractivity contribution in [2.75, 3.05) is 5.32 Å². The standard InChI is InChI=1S/C14H10ClN7O2/c1-6-19-13(23)10-8(15)4-9(14(24)22(10)21-6)20-12-7-2-3-16-11(7)17-5-18-12/h2-5H,1H3,(H,19,21,23)(H2,16,17,18,20). The Kier molecular flexibility index (Phi) is 3.10. The molecule has 0 fully saturated rings. The van der Waals surface area contributed by atoms with Gasteiger partial charge < -0.3 is 15.3 Å². The molecule has 120 valence electrons. The summed E-state index contributed by atoms with van der Waals surface area (Å²) < 4.78 is 0.980. The van der Waals surface area contributed by atoms with Gasteiger partial charge in [0.15, 0.2) is 5.52 Å². The van der Waals surface area contributed by atoms with E-state index < -0.39 is 11.1 Å². The van der Waals surface area contributed by atoms with Gasteiger partial charge in [-0.05, 0) is 19.1 Å². The van der Waals surface area contributed by atoms with Gasteiger partial charge in [-0.15, -0.1) is 0 Å². The Morgan fingerprint density at radius 1 is 1.29 bits per heavy atom. The number of pyridine rings is 1. The second-order valence-electron chi connectivity index (χ2n) is 5.10. The molecule has 4 rings (SSSR count). The van der Waals surface area contributed by atoms with Crippen molar-refractivity contribution in [1.29, 1.82) is 0 Å². The molecule has 4 aromatic rings. The summed E-state index contributed by atoms with van der Waals surface area (Å²) in [6.45, 7) is 1.58. The topological polar surface area (TPSA) is 121 Å². The van der Waals surface area contributed by atoms with Gasteiger partial charge in [-0.25, -0.2) is 9.97 Å². The first-order valence-corrected chi connectivity index (χ1v) is 7.30. The lowest BCUT2D eigenvalue weighted by Gasteiger charge is -2.09. The number of aryl methyl sites for hydroxylation is 1. The van der Waals surface area contributed by atoms with Gasteiger partial charge in [0, 0.05) is 6.20 Å². The van der Waals surface area contributed by atoms with Crippen molar-refractivity contribution in [3.8, 4) is 0 Å². The summed E-state index contributed by atoms with van der Waals surface area (Å²) in [7, 11) is 0. The van der Waals surface area contributed by atoms with Crippen molar-refractivity contribution >= 4 is 39.7 Å². The second kappa shape index (κ2) is 5.17. The molecule has 0 aliphatic carbocycles. The van der Waals surface area contributed by atoms with E-state index in [1.54, 1.807) is 19.2 Å². The number of aromatic nitrogens is 6. The van der Waals surface area contributed by atoms with Crippen LogP contribution >= 0.6 is 11.6 Å². The number of aromatic amines is 2. The van der Waals surface area contributed by atoms with Crippen LogP contribution < -0.4 is 16.4 Å². The van der Waals surface area contributed by atoms with Gasteiger partial charge in [0.2, 0.25) is 0 Å². The fourth-order valence-electron chi connectivity index (χ4n) is 2.46. The van der Waals surface area contributed by atoms with Crippen LogP contribution in [-0.4, -0.2) is 29.5 Å². The minimum atomic E-state index is -0.508. The van der Waals surface area contributed by atoms with Crippen molar-refractivity contribution in [3.05, 3.63) is 56.2 Å². The molecule has 0 saturated heterocycles. The summed E-state index contributed by atoms with van der Waals surface area (Å²) in [4.78, 5) is 38.3. The van der Waals surface area contributed by atoms with E-state index in [1.165, 1.54) is 12.4 Å². The highest BCUT2D eigenvalue weighted by Crippen LogP contribution is 2.22. The van der Waals surface area contributed by atoms with E-state index >= 15 is 0 Å². The molecular weight excluding hydrogens is 334 g/mol. The Morgan fingerprint density at radius 3 is 2.96 bits per heavy atom. The minimum Gasteiger partial charge on any atom is -0.346 e. The molecule has 0 aliphatic rings. The summed E-state index contributed by atoms with van der Waals surface area (Å²) in [6, 6.07) is 3.16. The average Bonchev–Trinajstić information content (AvgIpc) is 3.01. The maximum Gasteiger partial charge on any atom is 0.295 e. The van der Waals surface area contributed by atoms with Crippen molar-refractivity contribution in [3.63, 3.8) is 0 Å². The van der Waals surface area contributed by atoms with Gasteiger partial charge in [0.05, 0.1) is 10.4 Å². The first-order valence-electron chi connectivity index (χ1n) is 6.92. The predicted octanol–water partition coefficient (Wildman–Crippen LogP) is 1.36. The van der Waals surface area contributed by atoms with E-state index in [4.69, 9.17) is 11.6 Å². The third-order valence-corrected chi connectivity index (χ3v) is 3.79. The number of nitrogens with zero attached hydrogens (tertiary/aromatic N) is 4. The quantitative estimate of drug-likeness (QED) is 0.505. The third-order valence-electron chi connectivity index (χ3n) is 3.50. The first-order chi connectivity index (χ1) is 11.5. The molecule has 4 heterocycles. The van der Waals surface area contributed by atoms with Crippen molar-refractivity contribution in [1.82, 2.24) is 29.5 Å². The van der Waals surface area contributed by atoms with Crippen LogP contribution in [0.2, 0.25) is 5.02 Å². The van der Waals surface area contributed by atoms with Crippen LogP contribution in [-0.2, 0) is 0 Å². The molecule has 3 N–H and O–H groups in total. The number of hydrogen-bond acceptors (Lipinski definition) is 6. The van der Waals surface area contributed by atoms with Crippen LogP contribution in [0.3, 0.4) is 0 Å². The highest BCUT2D eigenvalue weighted by Gasteiger charge is 2.14. The normalized spacial score (nSPS) is 11.2. The number of halogens is 1. The van der Waals surface area contributed by atoms with Crippen LogP contribution in [0, 0.1) is 6.92 Å². The lowest BCUT2D eigenvalue weighted by molar-refractivity contribution is 0.810. The van der Waals surface area contributed by atoms with Gasteiger partial charge in [-0.2, -0.15) is 9.61 Å². The zero-order valence-corrected chi connectivity index (χ0v) is 13.0. The van der Waals surface area contributed by atoms with Crippen LogP contribution in [0.1, 0.15) is 5.82 Å². The summed E-state index contributed by atoms with van der Waals surface area (Å²) in [5.74, 6) is 0.744. The zero-order chi connectivity index (χ0) is 16.8. The Labute approximate surface area is 138 Å². The molecule has 9 nitrogen and oxygen atoms in total. The van der Waals surface area contributed by atoms with Crippen molar-refractivity contribution in [2.45, 2.75) is 6.92 Å². The number of H-pyrrole nitrogens is 2. The van der Waals surface area contributed by atoms with Crippen molar-refractivity contribution in [2.24, 2.45) is 0 Å². The third kappa shape index (κ3) is 2.14. The van der Waals surface area contributed by atoms with E-state index in [2.05, 4.69) is 30.4 Å². The van der Waals surface area contributed by atoms with Crippen LogP contribution in [0.5, 0.6) is 0 Å². The van der Waals surface area contributed by atoms with Gasteiger partial charge in [0.1, 0.15) is 29.3 Å². The van der Waals surface area contributed by atoms with Gasteiger partial charge in [0.25, 0.3) is 11.1 Å². The average molecular weight is 344 g/mol. The number of anilines is 2. The fraction of sp³-hybridized carbons (Fsp3) is 0.0714. The van der Waals surface area contributed by atoms with E-state index in [-0.39, 0.29) is 16.2 Å². The Balaban J connectivity index is 1.95. The van der Waals surface area contributed by atoms with E-state index in [1.807, 2.05) is 0 Å². The highest BCUT2D eigenvalue weighted by atomic mass is 35.5. The van der Waals surface area contributed by atoms with Gasteiger partial charge >= 0.3 is 0 Å². The second-order valence-corrected chi connectivity index (χ2v) is 5.51. The Hall–Kier alpha value is -3.20. The smallest absolute Gasteiger partial charge is 0.295 e. The van der Waals surface area contributed by atoms with Crippen LogP contribution in [0.25, 0.3) is 16.6 Å². The predicted molar refractivity (Wildman–Crippen MR) is 89.0 cm³/mol. The molecule has 0 aliphatic heterocycles. The molecule has 0 unspecified atom stereocenters.